The van der Waals surface area contributed by atoms with Crippen molar-refractivity contribution in [3.8, 4) is 0 Å². The number of carbonyl (C=O) groups excluding carboxylic acids is 2. The minimum atomic E-state index is -0.344. The van der Waals surface area contributed by atoms with E-state index in [4.69, 9.17) is 4.74 Å². The zero-order valence-electron chi connectivity index (χ0n) is 16.0. The molecule has 142 valence electrons. The number of hydrogen-bond donors (Lipinski definition) is 1. The molecule has 0 aliphatic carbocycles. The number of amides is 2. The zero-order chi connectivity index (χ0) is 19.4. The Hall–Kier alpha value is -3.02. The average molecular weight is 367 g/mol. The molecule has 0 atom stereocenters. The highest BCUT2D eigenvalue weighted by atomic mass is 16.5. The molecule has 1 saturated heterocycles. The maximum absolute atomic E-state index is 12.6. The van der Waals surface area contributed by atoms with Crippen LogP contribution in [0, 0.1) is 13.8 Å². The first kappa shape index (κ1) is 18.8. The number of methoxy groups -OCH3 is 1. The molecule has 0 aromatic heterocycles. The summed E-state index contributed by atoms with van der Waals surface area (Å²) in [5.41, 5.74) is 4.57. The lowest BCUT2D eigenvalue weighted by Gasteiger charge is -2.36. The van der Waals surface area contributed by atoms with Gasteiger partial charge in [0.15, 0.2) is 0 Å². The van der Waals surface area contributed by atoms with Crippen molar-refractivity contribution in [1.29, 1.82) is 0 Å². The molecule has 1 aliphatic rings. The molecule has 0 bridgehead atoms. The van der Waals surface area contributed by atoms with Crippen molar-refractivity contribution in [1.82, 2.24) is 4.90 Å². The van der Waals surface area contributed by atoms with Crippen LogP contribution in [0.1, 0.15) is 21.5 Å². The third kappa shape index (κ3) is 4.58. The van der Waals surface area contributed by atoms with Gasteiger partial charge in [0, 0.05) is 37.6 Å². The number of nitrogens with one attached hydrogen (secondary N) is 1. The Morgan fingerprint density at radius 3 is 2.26 bits per heavy atom. The summed E-state index contributed by atoms with van der Waals surface area (Å²) >= 11 is 0. The smallest absolute Gasteiger partial charge is 0.337 e. The molecule has 0 radical (unpaired) electrons. The van der Waals surface area contributed by atoms with Crippen LogP contribution in [0.25, 0.3) is 0 Å². The summed E-state index contributed by atoms with van der Waals surface area (Å²) in [4.78, 5) is 28.3. The van der Waals surface area contributed by atoms with Gasteiger partial charge in [0.2, 0.25) is 0 Å². The Labute approximate surface area is 159 Å². The molecule has 1 fully saturated rings. The second-order valence-electron chi connectivity index (χ2n) is 6.82. The van der Waals surface area contributed by atoms with Gasteiger partial charge >= 0.3 is 12.0 Å². The molecule has 2 aromatic rings. The van der Waals surface area contributed by atoms with Crippen LogP contribution in [-0.4, -0.2) is 50.2 Å². The van der Waals surface area contributed by atoms with Gasteiger partial charge in [0.1, 0.15) is 0 Å². The predicted octanol–water partition coefficient (Wildman–Crippen LogP) is 3.44. The normalized spacial score (nSPS) is 14.0. The third-order valence-corrected chi connectivity index (χ3v) is 4.67. The van der Waals surface area contributed by atoms with E-state index in [-0.39, 0.29) is 12.0 Å². The number of aryl methyl sites for hydroxylation is 2. The van der Waals surface area contributed by atoms with Crippen LogP contribution < -0.4 is 10.2 Å². The number of esters is 1. The van der Waals surface area contributed by atoms with Crippen molar-refractivity contribution in [3.63, 3.8) is 0 Å². The monoisotopic (exact) mass is 367 g/mol. The molecule has 2 amide bonds. The number of piperazine rings is 1. The molecular weight excluding hydrogens is 342 g/mol. The second-order valence-corrected chi connectivity index (χ2v) is 6.82. The van der Waals surface area contributed by atoms with Gasteiger partial charge in [-0.2, -0.15) is 0 Å². The molecule has 2 aromatic carbocycles. The maximum Gasteiger partial charge on any atom is 0.337 e. The van der Waals surface area contributed by atoms with Crippen molar-refractivity contribution in [3.05, 3.63) is 59.2 Å². The number of rotatable bonds is 3. The summed E-state index contributed by atoms with van der Waals surface area (Å²) in [6.45, 7) is 6.71. The highest BCUT2D eigenvalue weighted by molar-refractivity contribution is 5.91. The summed E-state index contributed by atoms with van der Waals surface area (Å²) in [6, 6.07) is 13.3. The van der Waals surface area contributed by atoms with Crippen LogP contribution >= 0.6 is 0 Å². The van der Waals surface area contributed by atoms with E-state index in [1.807, 2.05) is 49.1 Å². The largest absolute Gasteiger partial charge is 0.465 e. The Balaban J connectivity index is 1.60. The van der Waals surface area contributed by atoms with Gasteiger partial charge in [-0.05, 0) is 55.3 Å². The van der Waals surface area contributed by atoms with Crippen molar-refractivity contribution < 1.29 is 14.3 Å². The Morgan fingerprint density at radius 1 is 0.963 bits per heavy atom. The topological polar surface area (TPSA) is 61.9 Å². The first-order chi connectivity index (χ1) is 13.0. The Morgan fingerprint density at radius 2 is 1.63 bits per heavy atom. The number of anilines is 2. The van der Waals surface area contributed by atoms with Gasteiger partial charge in [-0.1, -0.05) is 12.1 Å². The average Bonchev–Trinajstić information content (AvgIpc) is 2.66. The van der Waals surface area contributed by atoms with E-state index in [1.54, 1.807) is 6.07 Å². The van der Waals surface area contributed by atoms with Crippen molar-refractivity contribution in [2.75, 3.05) is 43.5 Å². The molecule has 0 spiro atoms. The summed E-state index contributed by atoms with van der Waals surface area (Å²) in [5.74, 6) is -0.344. The molecule has 0 saturated carbocycles. The molecule has 3 rings (SSSR count). The number of urea groups is 1. The highest BCUT2D eigenvalue weighted by Crippen LogP contribution is 2.20. The third-order valence-electron chi connectivity index (χ3n) is 4.67. The highest BCUT2D eigenvalue weighted by Gasteiger charge is 2.22. The van der Waals surface area contributed by atoms with Crippen molar-refractivity contribution in [2.24, 2.45) is 0 Å². The molecule has 1 aliphatic heterocycles. The van der Waals surface area contributed by atoms with Crippen LogP contribution in [0.4, 0.5) is 16.2 Å². The molecule has 0 unspecified atom stereocenters. The molecule has 27 heavy (non-hydrogen) atoms. The number of hydrogen-bond acceptors (Lipinski definition) is 4. The molecule has 6 nitrogen and oxygen atoms in total. The van der Waals surface area contributed by atoms with Gasteiger partial charge in [-0.3, -0.25) is 0 Å². The van der Waals surface area contributed by atoms with E-state index in [0.717, 1.165) is 22.5 Å². The van der Waals surface area contributed by atoms with Crippen LogP contribution in [0.15, 0.2) is 42.5 Å². The summed E-state index contributed by atoms with van der Waals surface area (Å²) in [5, 5.41) is 2.99. The summed E-state index contributed by atoms with van der Waals surface area (Å²) < 4.78 is 4.78. The summed E-state index contributed by atoms with van der Waals surface area (Å²) in [6.07, 6.45) is 0. The number of carbonyl (C=O) groups is 2. The second kappa shape index (κ2) is 8.12. The first-order valence-corrected chi connectivity index (χ1v) is 9.04. The lowest BCUT2D eigenvalue weighted by Crippen LogP contribution is -2.50. The SMILES string of the molecule is COC(=O)c1cccc(N2CCN(C(=O)Nc3cc(C)cc(C)c3)CC2)c1. The van der Waals surface area contributed by atoms with E-state index in [0.29, 0.717) is 31.7 Å². The van der Waals surface area contributed by atoms with Gasteiger partial charge < -0.3 is 19.9 Å². The van der Waals surface area contributed by atoms with Crippen LogP contribution in [0.2, 0.25) is 0 Å². The predicted molar refractivity (Wildman–Crippen MR) is 107 cm³/mol. The van der Waals surface area contributed by atoms with Crippen molar-refractivity contribution >= 4 is 23.4 Å². The molecule has 1 heterocycles. The fourth-order valence-electron chi connectivity index (χ4n) is 3.36. The molecule has 6 heteroatoms. The fourth-order valence-corrected chi connectivity index (χ4v) is 3.36. The standard InChI is InChI=1S/C21H25N3O3/c1-15-11-16(2)13-18(12-15)22-21(26)24-9-7-23(8-10-24)19-6-4-5-17(14-19)20(25)27-3/h4-6,11-14H,7-10H2,1-3H3,(H,22,26). The quantitative estimate of drug-likeness (QED) is 0.844. The Bertz CT molecular complexity index is 822. The van der Waals surface area contributed by atoms with E-state index in [2.05, 4.69) is 16.3 Å². The minimum Gasteiger partial charge on any atom is -0.465 e. The van der Waals surface area contributed by atoms with Gasteiger partial charge in [-0.25, -0.2) is 9.59 Å². The summed E-state index contributed by atoms with van der Waals surface area (Å²) in [7, 11) is 1.38. The lowest BCUT2D eigenvalue weighted by atomic mass is 10.1. The van der Waals surface area contributed by atoms with Crippen LogP contribution in [0.3, 0.4) is 0 Å². The van der Waals surface area contributed by atoms with E-state index < -0.39 is 0 Å². The first-order valence-electron chi connectivity index (χ1n) is 9.04. The van der Waals surface area contributed by atoms with E-state index in [9.17, 15) is 9.59 Å². The van der Waals surface area contributed by atoms with Gasteiger partial charge in [0.25, 0.3) is 0 Å². The Kier molecular flexibility index (Phi) is 5.64. The minimum absolute atomic E-state index is 0.0806. The van der Waals surface area contributed by atoms with Crippen LogP contribution in [-0.2, 0) is 4.74 Å². The maximum atomic E-state index is 12.6. The number of nitrogens with zero attached hydrogens (tertiary/aromatic N) is 2. The zero-order valence-corrected chi connectivity index (χ0v) is 16.0. The van der Waals surface area contributed by atoms with Gasteiger partial charge in [-0.15, -0.1) is 0 Å². The number of benzene rings is 2. The molecular formula is C21H25N3O3. The van der Waals surface area contributed by atoms with E-state index in [1.165, 1.54) is 7.11 Å². The van der Waals surface area contributed by atoms with Gasteiger partial charge in [0.05, 0.1) is 12.7 Å². The van der Waals surface area contributed by atoms with Crippen molar-refractivity contribution in [2.45, 2.75) is 13.8 Å². The lowest BCUT2D eigenvalue weighted by molar-refractivity contribution is 0.0600. The van der Waals surface area contributed by atoms with E-state index >= 15 is 0 Å². The van der Waals surface area contributed by atoms with Crippen LogP contribution in [0.5, 0.6) is 0 Å². The number of ether oxygens (including phenoxy) is 1. The molecule has 1 N–H and O–H groups in total. The fraction of sp³-hybridized carbons (Fsp3) is 0.333.